The molecule has 49 heavy (non-hydrogen) atoms. The molecule has 0 aliphatic carbocycles. The SMILES string of the molecule is CCCCCCCCCC(C(C)=O)C(=O)[O-].CCCCCCCCCC(C(C)=O)C(=O)[O-].CCCCCCCCCC(C(C)=O)C(=O)[O-].[Al+3]. The van der Waals surface area contributed by atoms with Crippen molar-refractivity contribution in [3.8, 4) is 0 Å². The number of Topliss-reactive ketones (excluding diaryl/α,β-unsaturated/α-hetero) is 3. The molecule has 0 fully saturated rings. The first kappa shape index (κ1) is 53.7. The number of hydrogen-bond acceptors (Lipinski definition) is 9. The van der Waals surface area contributed by atoms with Crippen LogP contribution in [0.1, 0.15) is 196 Å². The van der Waals surface area contributed by atoms with Crippen molar-refractivity contribution in [2.75, 3.05) is 0 Å². The standard InChI is InChI=1S/3C13H24O3.Al/c3*1-3-4-5-6-7-8-9-10-12(11(2)14)13(15)16;/h3*12H,3-10H2,1-2H3,(H,15,16);/q;;;+3/p-3. The fraction of sp³-hybridized carbons (Fsp3) is 0.846. The van der Waals surface area contributed by atoms with Crippen molar-refractivity contribution >= 4 is 52.6 Å². The molecule has 282 valence electrons. The van der Waals surface area contributed by atoms with Gasteiger partial charge in [0.05, 0.1) is 35.7 Å². The Morgan fingerprint density at radius 3 is 0.653 bits per heavy atom. The van der Waals surface area contributed by atoms with Gasteiger partial charge in [-0.2, -0.15) is 0 Å². The van der Waals surface area contributed by atoms with Gasteiger partial charge in [0.25, 0.3) is 0 Å². The molecule has 0 N–H and O–H groups in total. The average Bonchev–Trinajstić information content (AvgIpc) is 3.00. The molecule has 0 bridgehead atoms. The van der Waals surface area contributed by atoms with Crippen molar-refractivity contribution in [1.82, 2.24) is 0 Å². The maximum atomic E-state index is 11.0. The number of hydrogen-bond donors (Lipinski definition) is 0. The Kier molecular flexibility index (Phi) is 42.5. The predicted octanol–water partition coefficient (Wildman–Crippen LogP) is 5.87. The van der Waals surface area contributed by atoms with E-state index in [0.717, 1.165) is 57.8 Å². The van der Waals surface area contributed by atoms with Crippen LogP contribution >= 0.6 is 0 Å². The first-order valence-electron chi connectivity index (χ1n) is 18.9. The predicted molar refractivity (Wildman–Crippen MR) is 191 cm³/mol. The van der Waals surface area contributed by atoms with Gasteiger partial charge in [0.2, 0.25) is 0 Å². The summed E-state index contributed by atoms with van der Waals surface area (Å²) in [5.41, 5.74) is 0. The maximum Gasteiger partial charge on any atom is 3.00 e. The first-order chi connectivity index (χ1) is 22.8. The largest absolute Gasteiger partial charge is 3.00 e. The molecule has 0 aromatic rings. The number of carboxylic acids is 3. The Hall–Kier alpha value is -2.05. The Morgan fingerprint density at radius 2 is 0.510 bits per heavy atom. The van der Waals surface area contributed by atoms with E-state index < -0.39 is 35.7 Å². The van der Waals surface area contributed by atoms with E-state index in [9.17, 15) is 44.1 Å². The van der Waals surface area contributed by atoms with Gasteiger partial charge in [0.15, 0.2) is 0 Å². The van der Waals surface area contributed by atoms with E-state index in [-0.39, 0.29) is 34.7 Å². The molecule has 0 aromatic heterocycles. The topological polar surface area (TPSA) is 172 Å². The number of carbonyl (C=O) groups excluding carboxylic acids is 6. The second-order valence-corrected chi connectivity index (χ2v) is 13.2. The van der Waals surface area contributed by atoms with Gasteiger partial charge in [-0.15, -0.1) is 0 Å². The molecule has 3 unspecified atom stereocenters. The summed E-state index contributed by atoms with van der Waals surface area (Å²) < 4.78 is 0. The van der Waals surface area contributed by atoms with Gasteiger partial charge in [-0.05, 0) is 40.0 Å². The van der Waals surface area contributed by atoms with E-state index in [1.807, 2.05) is 0 Å². The Balaban J connectivity index is -0.000000307. The van der Waals surface area contributed by atoms with Crippen molar-refractivity contribution in [3.05, 3.63) is 0 Å². The van der Waals surface area contributed by atoms with Gasteiger partial charge in [0.1, 0.15) is 17.3 Å². The second kappa shape index (κ2) is 38.7. The molecule has 0 amide bonds. The Morgan fingerprint density at radius 1 is 0.347 bits per heavy atom. The summed E-state index contributed by atoms with van der Waals surface area (Å²) in [6.45, 7) is 10.5. The number of aliphatic carboxylic acids is 3. The van der Waals surface area contributed by atoms with Crippen LogP contribution in [-0.4, -0.2) is 52.6 Å². The smallest absolute Gasteiger partial charge is 0.549 e. The number of carboxylic acid groups (broad SMARTS) is 3. The third-order valence-corrected chi connectivity index (χ3v) is 8.61. The molecule has 0 rings (SSSR count). The minimum atomic E-state index is -1.22. The normalized spacial score (nSPS) is 12.1. The van der Waals surface area contributed by atoms with Crippen molar-refractivity contribution in [2.45, 2.75) is 196 Å². The third-order valence-electron chi connectivity index (χ3n) is 8.61. The Labute approximate surface area is 309 Å². The summed E-state index contributed by atoms with van der Waals surface area (Å²) in [7, 11) is 0. The molecule has 0 aromatic carbocycles. The summed E-state index contributed by atoms with van der Waals surface area (Å²) in [4.78, 5) is 64.8. The van der Waals surface area contributed by atoms with Crippen LogP contribution in [0.5, 0.6) is 0 Å². The fourth-order valence-corrected chi connectivity index (χ4v) is 5.38. The quantitative estimate of drug-likeness (QED) is 0.0503. The van der Waals surface area contributed by atoms with Gasteiger partial charge in [0, 0.05) is 0 Å². The van der Waals surface area contributed by atoms with E-state index in [1.54, 1.807) is 0 Å². The van der Waals surface area contributed by atoms with Crippen LogP contribution in [0.2, 0.25) is 0 Å². The molecule has 0 aliphatic heterocycles. The molecule has 3 atom stereocenters. The van der Waals surface area contributed by atoms with Crippen LogP contribution in [0.25, 0.3) is 0 Å². The van der Waals surface area contributed by atoms with Crippen molar-refractivity contribution in [3.63, 3.8) is 0 Å². The Bertz CT molecular complexity index is 708. The molecular weight excluding hydrogens is 639 g/mol. The monoisotopic (exact) mass is 708 g/mol. The van der Waals surface area contributed by atoms with Gasteiger partial charge in [-0.3, -0.25) is 14.4 Å². The minimum Gasteiger partial charge on any atom is -0.549 e. The summed E-state index contributed by atoms with van der Waals surface area (Å²) in [5, 5.41) is 31.8. The van der Waals surface area contributed by atoms with E-state index in [1.165, 1.54) is 97.8 Å². The summed E-state index contributed by atoms with van der Waals surface area (Å²) in [6.07, 6.45) is 25.1. The number of ketones is 3. The van der Waals surface area contributed by atoms with Crippen LogP contribution in [0, 0.1) is 17.8 Å². The molecule has 0 saturated heterocycles. The molecule has 0 aliphatic rings. The molecule has 0 spiro atoms. The van der Waals surface area contributed by atoms with Gasteiger partial charge in [-0.25, -0.2) is 0 Å². The van der Waals surface area contributed by atoms with Crippen LogP contribution in [0.4, 0.5) is 0 Å². The van der Waals surface area contributed by atoms with Gasteiger partial charge >= 0.3 is 17.4 Å². The van der Waals surface area contributed by atoms with E-state index in [0.29, 0.717) is 19.3 Å². The zero-order chi connectivity index (χ0) is 37.2. The number of rotatable bonds is 30. The third kappa shape index (κ3) is 37.0. The van der Waals surface area contributed by atoms with E-state index in [2.05, 4.69) is 20.8 Å². The van der Waals surface area contributed by atoms with Gasteiger partial charge < -0.3 is 29.7 Å². The van der Waals surface area contributed by atoms with Gasteiger partial charge in [-0.1, -0.05) is 156 Å². The summed E-state index contributed by atoms with van der Waals surface area (Å²) >= 11 is 0. The molecular formula is C39H69AlO9. The van der Waals surface area contributed by atoms with Crippen molar-refractivity contribution in [1.29, 1.82) is 0 Å². The van der Waals surface area contributed by atoms with E-state index >= 15 is 0 Å². The van der Waals surface area contributed by atoms with E-state index in [4.69, 9.17) is 0 Å². The second-order valence-electron chi connectivity index (χ2n) is 13.2. The van der Waals surface area contributed by atoms with Crippen LogP contribution in [0.3, 0.4) is 0 Å². The number of unbranched alkanes of at least 4 members (excludes halogenated alkanes) is 18. The molecule has 9 nitrogen and oxygen atoms in total. The van der Waals surface area contributed by atoms with Crippen LogP contribution in [-0.2, 0) is 28.8 Å². The minimum absolute atomic E-state index is 0. The molecule has 10 heteroatoms. The molecule has 0 saturated carbocycles. The molecule has 0 heterocycles. The maximum absolute atomic E-state index is 11.0. The van der Waals surface area contributed by atoms with Crippen molar-refractivity contribution < 1.29 is 44.1 Å². The van der Waals surface area contributed by atoms with Crippen LogP contribution < -0.4 is 15.3 Å². The zero-order valence-electron chi connectivity index (χ0n) is 32.0. The summed E-state index contributed by atoms with van der Waals surface area (Å²) in [5.74, 6) is -7.21. The number of carbonyl (C=O) groups is 6. The summed E-state index contributed by atoms with van der Waals surface area (Å²) in [6, 6.07) is 0. The van der Waals surface area contributed by atoms with Crippen molar-refractivity contribution in [2.24, 2.45) is 17.8 Å². The zero-order valence-corrected chi connectivity index (χ0v) is 33.1. The first-order valence-corrected chi connectivity index (χ1v) is 18.9. The average molecular weight is 709 g/mol. The van der Waals surface area contributed by atoms with Crippen LogP contribution in [0.15, 0.2) is 0 Å². The fourth-order valence-electron chi connectivity index (χ4n) is 5.38. The molecule has 0 radical (unpaired) electrons.